The highest BCUT2D eigenvalue weighted by Crippen LogP contribution is 2.29. The van der Waals surface area contributed by atoms with Crippen LogP contribution in [0.15, 0.2) is 12.3 Å². The van der Waals surface area contributed by atoms with Crippen molar-refractivity contribution >= 4 is 0 Å². The van der Waals surface area contributed by atoms with E-state index < -0.39 is 0 Å². The Labute approximate surface area is 130 Å². The molecule has 0 radical (unpaired) electrons. The van der Waals surface area contributed by atoms with Gasteiger partial charge in [-0.3, -0.25) is 4.68 Å². The Morgan fingerprint density at radius 2 is 1.95 bits per heavy atom. The molecule has 1 N–H and O–H groups in total. The highest BCUT2D eigenvalue weighted by molar-refractivity contribution is 4.99. The molecular weight excluding hydrogens is 258 g/mol. The van der Waals surface area contributed by atoms with Crippen LogP contribution in [0.4, 0.5) is 0 Å². The van der Waals surface area contributed by atoms with Crippen LogP contribution in [0, 0.1) is 11.8 Å². The lowest BCUT2D eigenvalue weighted by atomic mass is 9.81. The summed E-state index contributed by atoms with van der Waals surface area (Å²) in [4.78, 5) is 0. The van der Waals surface area contributed by atoms with Gasteiger partial charge >= 0.3 is 0 Å². The topological polar surface area (TPSA) is 29.9 Å². The van der Waals surface area contributed by atoms with E-state index in [1.165, 1.54) is 37.8 Å². The first-order valence-electron chi connectivity index (χ1n) is 8.97. The van der Waals surface area contributed by atoms with Crippen molar-refractivity contribution in [1.82, 2.24) is 15.1 Å². The summed E-state index contributed by atoms with van der Waals surface area (Å²) in [6, 6.07) is 2.72. The van der Waals surface area contributed by atoms with Gasteiger partial charge in [0.2, 0.25) is 0 Å². The highest BCUT2D eigenvalue weighted by atomic mass is 15.3. The van der Waals surface area contributed by atoms with E-state index in [0.717, 1.165) is 37.8 Å². The minimum Gasteiger partial charge on any atom is -0.311 e. The average Bonchev–Trinajstić information content (AvgIpc) is 2.96. The molecule has 1 fully saturated rings. The molecule has 0 unspecified atom stereocenters. The third kappa shape index (κ3) is 5.14. The van der Waals surface area contributed by atoms with Crippen molar-refractivity contribution in [3.8, 4) is 0 Å². The second-order valence-corrected chi connectivity index (χ2v) is 6.85. The van der Waals surface area contributed by atoms with Gasteiger partial charge in [0.05, 0.1) is 11.7 Å². The first kappa shape index (κ1) is 16.5. The van der Waals surface area contributed by atoms with Gasteiger partial charge in [-0.25, -0.2) is 0 Å². The van der Waals surface area contributed by atoms with Crippen LogP contribution < -0.4 is 5.32 Å². The minimum atomic E-state index is 0.558. The largest absolute Gasteiger partial charge is 0.311 e. The third-order valence-corrected chi connectivity index (χ3v) is 5.15. The number of hydrogen-bond acceptors (Lipinski definition) is 2. The first-order chi connectivity index (χ1) is 10.2. The van der Waals surface area contributed by atoms with Crippen molar-refractivity contribution in [2.45, 2.75) is 78.3 Å². The van der Waals surface area contributed by atoms with Crippen molar-refractivity contribution < 1.29 is 0 Å². The molecule has 120 valence electrons. The van der Waals surface area contributed by atoms with E-state index in [0.29, 0.717) is 6.04 Å². The molecule has 0 atom stereocenters. The quantitative estimate of drug-likeness (QED) is 0.712. The average molecular weight is 291 g/mol. The molecule has 21 heavy (non-hydrogen) atoms. The molecular formula is C18H33N3. The zero-order valence-electron chi connectivity index (χ0n) is 14.1. The molecule has 0 aromatic carbocycles. The van der Waals surface area contributed by atoms with E-state index in [1.807, 2.05) is 0 Å². The summed E-state index contributed by atoms with van der Waals surface area (Å²) in [6.45, 7) is 8.91. The molecule has 1 heterocycles. The summed E-state index contributed by atoms with van der Waals surface area (Å²) in [5.41, 5.74) is 1.18. The molecule has 0 saturated heterocycles. The number of nitrogens with one attached hydrogen (secondary N) is 1. The van der Waals surface area contributed by atoms with Gasteiger partial charge in [0.1, 0.15) is 0 Å². The molecule has 1 saturated carbocycles. The number of aromatic nitrogens is 2. The first-order valence-corrected chi connectivity index (χ1v) is 8.97. The fourth-order valence-electron chi connectivity index (χ4n) is 3.48. The number of rotatable bonds is 8. The maximum Gasteiger partial charge on any atom is 0.0762 e. The van der Waals surface area contributed by atoms with Crippen LogP contribution in [0.1, 0.15) is 77.5 Å². The SMILES string of the molecule is CCC(CC)n1ccc(CNCCC2CCC(C)CC2)n1. The molecule has 0 spiro atoms. The Morgan fingerprint density at radius 1 is 1.24 bits per heavy atom. The lowest BCUT2D eigenvalue weighted by Crippen LogP contribution is -2.21. The van der Waals surface area contributed by atoms with Crippen LogP contribution in [0.5, 0.6) is 0 Å². The zero-order chi connectivity index (χ0) is 15.1. The van der Waals surface area contributed by atoms with Crippen LogP contribution in [0.3, 0.4) is 0 Å². The number of nitrogens with zero attached hydrogens (tertiary/aromatic N) is 2. The summed E-state index contributed by atoms with van der Waals surface area (Å²) in [5, 5.41) is 8.27. The molecule has 3 heteroatoms. The minimum absolute atomic E-state index is 0.558. The molecule has 0 bridgehead atoms. The Kier molecular flexibility index (Phi) is 6.75. The zero-order valence-corrected chi connectivity index (χ0v) is 14.1. The van der Waals surface area contributed by atoms with Crippen LogP contribution in [-0.2, 0) is 6.54 Å². The van der Waals surface area contributed by atoms with Gasteiger partial charge < -0.3 is 5.32 Å². The Hall–Kier alpha value is -0.830. The van der Waals surface area contributed by atoms with Crippen molar-refractivity contribution in [2.24, 2.45) is 11.8 Å². The van der Waals surface area contributed by atoms with Gasteiger partial charge in [-0.05, 0) is 43.7 Å². The van der Waals surface area contributed by atoms with Crippen molar-refractivity contribution in [2.75, 3.05) is 6.54 Å². The highest BCUT2D eigenvalue weighted by Gasteiger charge is 2.17. The standard InChI is InChI=1S/C18H33N3/c1-4-18(5-2)21-13-11-17(20-21)14-19-12-10-16-8-6-15(3)7-9-16/h11,13,15-16,18-19H,4-10,12,14H2,1-3H3. The van der Waals surface area contributed by atoms with Gasteiger partial charge in [-0.1, -0.05) is 46.5 Å². The lowest BCUT2D eigenvalue weighted by Gasteiger charge is -2.26. The Bertz CT molecular complexity index is 387. The van der Waals surface area contributed by atoms with Gasteiger partial charge in [0, 0.05) is 12.7 Å². The van der Waals surface area contributed by atoms with Crippen molar-refractivity contribution in [1.29, 1.82) is 0 Å². The second kappa shape index (κ2) is 8.57. The second-order valence-electron chi connectivity index (χ2n) is 6.85. The summed E-state index contributed by atoms with van der Waals surface area (Å²) in [5.74, 6) is 1.92. The summed E-state index contributed by atoms with van der Waals surface area (Å²) < 4.78 is 2.14. The van der Waals surface area contributed by atoms with E-state index in [2.05, 4.69) is 43.0 Å². The van der Waals surface area contributed by atoms with E-state index >= 15 is 0 Å². The normalized spacial score (nSPS) is 22.9. The molecule has 1 aliphatic carbocycles. The summed E-state index contributed by atoms with van der Waals surface area (Å²) in [6.07, 6.45) is 11.5. The predicted molar refractivity (Wildman–Crippen MR) is 89.3 cm³/mol. The lowest BCUT2D eigenvalue weighted by molar-refractivity contribution is 0.275. The Morgan fingerprint density at radius 3 is 2.62 bits per heavy atom. The van der Waals surface area contributed by atoms with Crippen LogP contribution in [0.25, 0.3) is 0 Å². The predicted octanol–water partition coefficient (Wildman–Crippen LogP) is 4.55. The maximum absolute atomic E-state index is 4.70. The van der Waals surface area contributed by atoms with Crippen LogP contribution in [0.2, 0.25) is 0 Å². The maximum atomic E-state index is 4.70. The molecule has 2 rings (SSSR count). The van der Waals surface area contributed by atoms with Gasteiger partial charge in [-0.15, -0.1) is 0 Å². The fraction of sp³-hybridized carbons (Fsp3) is 0.833. The van der Waals surface area contributed by atoms with Crippen molar-refractivity contribution in [3.05, 3.63) is 18.0 Å². The van der Waals surface area contributed by atoms with E-state index in [4.69, 9.17) is 5.10 Å². The molecule has 1 aliphatic rings. The number of hydrogen-bond donors (Lipinski definition) is 1. The summed E-state index contributed by atoms with van der Waals surface area (Å²) >= 11 is 0. The fourth-order valence-corrected chi connectivity index (χ4v) is 3.48. The van der Waals surface area contributed by atoms with Gasteiger partial charge in [-0.2, -0.15) is 5.10 Å². The van der Waals surface area contributed by atoms with Crippen molar-refractivity contribution in [3.63, 3.8) is 0 Å². The van der Waals surface area contributed by atoms with Gasteiger partial charge in [0.15, 0.2) is 0 Å². The van der Waals surface area contributed by atoms with Crippen LogP contribution in [-0.4, -0.2) is 16.3 Å². The summed E-state index contributed by atoms with van der Waals surface area (Å²) in [7, 11) is 0. The van der Waals surface area contributed by atoms with Crippen LogP contribution >= 0.6 is 0 Å². The molecule has 3 nitrogen and oxygen atoms in total. The molecule has 0 amide bonds. The smallest absolute Gasteiger partial charge is 0.0762 e. The van der Waals surface area contributed by atoms with E-state index in [9.17, 15) is 0 Å². The van der Waals surface area contributed by atoms with E-state index in [-0.39, 0.29) is 0 Å². The molecule has 1 aromatic heterocycles. The monoisotopic (exact) mass is 291 g/mol. The Balaban J connectivity index is 1.64. The van der Waals surface area contributed by atoms with E-state index in [1.54, 1.807) is 0 Å². The molecule has 1 aromatic rings. The third-order valence-electron chi connectivity index (χ3n) is 5.15. The van der Waals surface area contributed by atoms with Gasteiger partial charge in [0.25, 0.3) is 0 Å². The molecule has 0 aliphatic heterocycles.